The number of carboxylic acid groups (broad SMARTS) is 1. The first-order chi connectivity index (χ1) is 17.0. The van der Waals surface area contributed by atoms with Gasteiger partial charge in [0, 0.05) is 23.6 Å². The topological polar surface area (TPSA) is 68.0 Å². The molecule has 1 atom stereocenters. The molecule has 0 radical (unpaired) electrons. The second-order valence-corrected chi connectivity index (χ2v) is 9.47. The Morgan fingerprint density at radius 2 is 1.80 bits per heavy atom. The first-order valence-electron chi connectivity index (χ1n) is 12.4. The Hall–Kier alpha value is -3.73. The molecule has 5 nitrogen and oxygen atoms in total. The number of pyridine rings is 1. The van der Waals surface area contributed by atoms with Gasteiger partial charge < -0.3 is 9.67 Å². The number of nitrogens with zero attached hydrogens (tertiary/aromatic N) is 3. The molecular formula is C30H31N3O2. The van der Waals surface area contributed by atoms with Crippen molar-refractivity contribution in [3.05, 3.63) is 100 Å². The van der Waals surface area contributed by atoms with Gasteiger partial charge in [0.1, 0.15) is 11.3 Å². The number of benzene rings is 2. The van der Waals surface area contributed by atoms with Crippen molar-refractivity contribution in [3.8, 4) is 0 Å². The molecule has 5 heteroatoms. The molecule has 0 bridgehead atoms. The molecule has 1 unspecified atom stereocenters. The van der Waals surface area contributed by atoms with Crippen LogP contribution in [-0.2, 0) is 17.8 Å². The summed E-state index contributed by atoms with van der Waals surface area (Å²) in [6.45, 7) is 6.91. The molecule has 5 rings (SSSR count). The van der Waals surface area contributed by atoms with Crippen LogP contribution in [0.2, 0.25) is 0 Å². The highest BCUT2D eigenvalue weighted by Crippen LogP contribution is 2.41. The second-order valence-electron chi connectivity index (χ2n) is 9.47. The van der Waals surface area contributed by atoms with E-state index in [0.717, 1.165) is 76.2 Å². The predicted molar refractivity (Wildman–Crippen MR) is 140 cm³/mol. The summed E-state index contributed by atoms with van der Waals surface area (Å²) in [5, 5.41) is 10.2. The molecule has 1 aliphatic rings. The van der Waals surface area contributed by atoms with Gasteiger partial charge in [-0.15, -0.1) is 0 Å². The number of hydrogen-bond acceptors (Lipinski definition) is 3. The van der Waals surface area contributed by atoms with Gasteiger partial charge in [0.05, 0.1) is 6.54 Å². The molecule has 0 saturated heterocycles. The van der Waals surface area contributed by atoms with Crippen LogP contribution in [0.3, 0.4) is 0 Å². The highest BCUT2D eigenvalue weighted by atomic mass is 16.4. The lowest BCUT2D eigenvalue weighted by Gasteiger charge is -2.27. The highest BCUT2D eigenvalue weighted by Gasteiger charge is 2.29. The fourth-order valence-electron chi connectivity index (χ4n) is 5.45. The van der Waals surface area contributed by atoms with E-state index >= 15 is 0 Å². The minimum Gasteiger partial charge on any atom is -0.478 e. The number of hydrogen-bond donors (Lipinski definition) is 1. The summed E-state index contributed by atoms with van der Waals surface area (Å²) in [7, 11) is 0. The number of aryl methyl sites for hydroxylation is 3. The van der Waals surface area contributed by atoms with Crippen LogP contribution in [0.1, 0.15) is 65.9 Å². The first-order valence-corrected chi connectivity index (χ1v) is 12.4. The van der Waals surface area contributed by atoms with Crippen LogP contribution in [0, 0.1) is 13.8 Å². The maximum Gasteiger partial charge on any atom is 0.332 e. The van der Waals surface area contributed by atoms with Crippen LogP contribution in [0.4, 0.5) is 0 Å². The summed E-state index contributed by atoms with van der Waals surface area (Å²) < 4.78 is 2.21. The lowest BCUT2D eigenvalue weighted by molar-refractivity contribution is -0.133. The maximum absolute atomic E-state index is 12.4. The van der Waals surface area contributed by atoms with Gasteiger partial charge in [-0.1, -0.05) is 61.5 Å². The van der Waals surface area contributed by atoms with Gasteiger partial charge in [0.25, 0.3) is 0 Å². The van der Waals surface area contributed by atoms with Gasteiger partial charge in [-0.05, 0) is 67.0 Å². The lowest BCUT2D eigenvalue weighted by Crippen LogP contribution is -2.17. The predicted octanol–water partition coefficient (Wildman–Crippen LogP) is 6.46. The maximum atomic E-state index is 12.4. The van der Waals surface area contributed by atoms with Crippen molar-refractivity contribution < 1.29 is 9.90 Å². The standard InChI is InChI=1S/C30H31N3O2/c1-4-26-32-28-19(2)17-20(3)31-29(28)33(26)18-21-13-15-23(16-14-21)25-12-8-11-24(27(25)30(34)35)22-9-6-5-7-10-22/h5-7,9-10,13-17,24H,4,8,11-12,18H2,1-3H3,(H,34,35). The monoisotopic (exact) mass is 465 g/mol. The summed E-state index contributed by atoms with van der Waals surface area (Å²) in [5.74, 6) is 0.144. The molecule has 1 aliphatic carbocycles. The Morgan fingerprint density at radius 3 is 2.49 bits per heavy atom. The quantitative estimate of drug-likeness (QED) is 0.355. The zero-order chi connectivity index (χ0) is 24.5. The summed E-state index contributed by atoms with van der Waals surface area (Å²) in [6.07, 6.45) is 3.48. The fraction of sp³-hybridized carbons (Fsp3) is 0.300. The molecule has 178 valence electrons. The van der Waals surface area contributed by atoms with Crippen molar-refractivity contribution in [2.24, 2.45) is 0 Å². The van der Waals surface area contributed by atoms with Crippen LogP contribution >= 0.6 is 0 Å². The Bertz CT molecular complexity index is 1420. The van der Waals surface area contributed by atoms with E-state index in [1.165, 1.54) is 0 Å². The van der Waals surface area contributed by atoms with E-state index in [9.17, 15) is 9.90 Å². The minimum atomic E-state index is -0.813. The van der Waals surface area contributed by atoms with Crippen LogP contribution in [0.15, 0.2) is 66.2 Å². The molecule has 0 amide bonds. The Labute approximate surface area is 206 Å². The van der Waals surface area contributed by atoms with Gasteiger partial charge in [-0.25, -0.2) is 14.8 Å². The number of carbonyl (C=O) groups is 1. The minimum absolute atomic E-state index is 0.0703. The van der Waals surface area contributed by atoms with Crippen LogP contribution in [-0.4, -0.2) is 25.6 Å². The number of fused-ring (bicyclic) bond motifs is 1. The van der Waals surface area contributed by atoms with Gasteiger partial charge >= 0.3 is 5.97 Å². The summed E-state index contributed by atoms with van der Waals surface area (Å²) in [4.78, 5) is 22.0. The molecule has 0 fully saturated rings. The van der Waals surface area contributed by atoms with Gasteiger partial charge in [0.2, 0.25) is 0 Å². The number of aliphatic carboxylic acids is 1. The largest absolute Gasteiger partial charge is 0.478 e. The third kappa shape index (κ3) is 4.39. The van der Waals surface area contributed by atoms with Crippen molar-refractivity contribution >= 4 is 22.7 Å². The van der Waals surface area contributed by atoms with E-state index in [-0.39, 0.29) is 5.92 Å². The van der Waals surface area contributed by atoms with E-state index < -0.39 is 5.97 Å². The molecule has 2 heterocycles. The number of allylic oxidation sites excluding steroid dienone is 1. The number of rotatable bonds is 6. The fourth-order valence-corrected chi connectivity index (χ4v) is 5.45. The van der Waals surface area contributed by atoms with E-state index in [1.54, 1.807) is 0 Å². The third-order valence-corrected chi connectivity index (χ3v) is 7.09. The molecule has 35 heavy (non-hydrogen) atoms. The van der Waals surface area contributed by atoms with Crippen molar-refractivity contribution in [1.29, 1.82) is 0 Å². The molecule has 4 aromatic rings. The van der Waals surface area contributed by atoms with Crippen molar-refractivity contribution in [2.45, 2.75) is 58.9 Å². The van der Waals surface area contributed by atoms with E-state index in [1.807, 2.05) is 37.3 Å². The van der Waals surface area contributed by atoms with Crippen molar-refractivity contribution in [2.75, 3.05) is 0 Å². The van der Waals surface area contributed by atoms with Gasteiger partial charge in [-0.3, -0.25) is 0 Å². The van der Waals surface area contributed by atoms with Crippen LogP contribution in [0.25, 0.3) is 16.7 Å². The SMILES string of the molecule is CCc1nc2c(C)cc(C)nc2n1Cc1ccc(C2=C(C(=O)O)C(c3ccccc3)CCC2)cc1. The summed E-state index contributed by atoms with van der Waals surface area (Å²) in [6, 6.07) is 20.5. The summed E-state index contributed by atoms with van der Waals surface area (Å²) in [5.41, 5.74) is 8.77. The molecule has 0 saturated carbocycles. The van der Waals surface area contributed by atoms with E-state index in [4.69, 9.17) is 9.97 Å². The van der Waals surface area contributed by atoms with Crippen LogP contribution < -0.4 is 0 Å². The van der Waals surface area contributed by atoms with E-state index in [0.29, 0.717) is 12.1 Å². The zero-order valence-electron chi connectivity index (χ0n) is 20.6. The van der Waals surface area contributed by atoms with Crippen LogP contribution in [0.5, 0.6) is 0 Å². The molecular weight excluding hydrogens is 434 g/mol. The molecule has 0 spiro atoms. The molecule has 2 aromatic heterocycles. The third-order valence-electron chi connectivity index (χ3n) is 7.09. The smallest absolute Gasteiger partial charge is 0.332 e. The number of imidazole rings is 1. The Balaban J connectivity index is 1.50. The van der Waals surface area contributed by atoms with Gasteiger partial charge in [0.15, 0.2) is 5.65 Å². The zero-order valence-corrected chi connectivity index (χ0v) is 20.6. The lowest BCUT2D eigenvalue weighted by atomic mass is 9.77. The molecule has 1 N–H and O–H groups in total. The second kappa shape index (κ2) is 9.49. The average Bonchev–Trinajstić information content (AvgIpc) is 3.22. The summed E-state index contributed by atoms with van der Waals surface area (Å²) >= 11 is 0. The van der Waals surface area contributed by atoms with E-state index in [2.05, 4.69) is 48.7 Å². The Morgan fingerprint density at radius 1 is 1.06 bits per heavy atom. The molecule has 0 aliphatic heterocycles. The van der Waals surface area contributed by atoms with Crippen molar-refractivity contribution in [1.82, 2.24) is 14.5 Å². The van der Waals surface area contributed by atoms with Crippen molar-refractivity contribution in [3.63, 3.8) is 0 Å². The highest BCUT2D eigenvalue weighted by molar-refractivity contribution is 5.98. The normalized spacial score (nSPS) is 16.1. The van der Waals surface area contributed by atoms with Gasteiger partial charge in [-0.2, -0.15) is 0 Å². The molecule has 2 aromatic carbocycles. The first kappa shape index (κ1) is 23.0. The number of aromatic nitrogens is 3. The Kier molecular flexibility index (Phi) is 6.25. The number of carboxylic acids is 1. The average molecular weight is 466 g/mol.